The van der Waals surface area contributed by atoms with Crippen LogP contribution < -0.4 is 10.6 Å². The number of unbranched alkanes of at least 4 members (excludes halogenated alkanes) is 2. The fourth-order valence-electron chi connectivity index (χ4n) is 2.88. The normalized spacial score (nSPS) is 16.3. The maximum absolute atomic E-state index is 12.3. The van der Waals surface area contributed by atoms with Gasteiger partial charge in [-0.2, -0.15) is 0 Å². The van der Waals surface area contributed by atoms with E-state index >= 15 is 0 Å². The Morgan fingerprint density at radius 3 is 2.77 bits per heavy atom. The van der Waals surface area contributed by atoms with E-state index in [0.29, 0.717) is 24.7 Å². The molecule has 0 radical (unpaired) electrons. The van der Waals surface area contributed by atoms with Crippen LogP contribution in [0.5, 0.6) is 0 Å². The second kappa shape index (κ2) is 12.3. The smallest absolute Gasteiger partial charge is 0.308 e. The predicted octanol–water partition coefficient (Wildman–Crippen LogP) is 2.68. The molecule has 1 fully saturated rings. The van der Waals surface area contributed by atoms with Gasteiger partial charge in [0.2, 0.25) is 11.8 Å². The first-order valence-electron chi connectivity index (χ1n) is 9.89. The highest BCUT2D eigenvalue weighted by atomic mass is 35.5. The molecule has 1 aromatic carbocycles. The molecule has 2 amide bonds. The highest BCUT2D eigenvalue weighted by Gasteiger charge is 2.34. The summed E-state index contributed by atoms with van der Waals surface area (Å²) in [6.07, 6.45) is 5.63. The summed E-state index contributed by atoms with van der Waals surface area (Å²) in [4.78, 5) is 38.2. The van der Waals surface area contributed by atoms with Crippen molar-refractivity contribution in [3.05, 3.63) is 40.9 Å². The van der Waals surface area contributed by atoms with Gasteiger partial charge in [-0.05, 0) is 42.4 Å². The van der Waals surface area contributed by atoms with E-state index in [2.05, 4.69) is 17.6 Å². The third kappa shape index (κ3) is 7.76. The van der Waals surface area contributed by atoms with E-state index < -0.39 is 17.9 Å². The molecule has 1 saturated heterocycles. The van der Waals surface area contributed by atoms with Crippen molar-refractivity contribution in [2.75, 3.05) is 19.7 Å². The van der Waals surface area contributed by atoms with E-state index in [9.17, 15) is 14.4 Å². The van der Waals surface area contributed by atoms with Crippen molar-refractivity contribution in [2.45, 2.75) is 38.6 Å². The summed E-state index contributed by atoms with van der Waals surface area (Å²) < 4.78 is 5.20. The molecule has 2 rings (SSSR count). The Labute approximate surface area is 186 Å². The van der Waals surface area contributed by atoms with Gasteiger partial charge in [0.25, 0.3) is 0 Å². The lowest BCUT2D eigenvalue weighted by Gasteiger charge is -2.36. The van der Waals surface area contributed by atoms with Crippen molar-refractivity contribution in [3.8, 4) is 0 Å². The van der Waals surface area contributed by atoms with Crippen LogP contribution in [0.15, 0.2) is 30.3 Å². The number of carbonyl (C=O) groups excluding carboxylic acids is 3. The van der Waals surface area contributed by atoms with Gasteiger partial charge in [-0.1, -0.05) is 43.5 Å². The molecule has 0 bridgehead atoms. The van der Waals surface area contributed by atoms with Crippen molar-refractivity contribution in [2.24, 2.45) is 0 Å². The molecule has 2 N–H and O–H groups in total. The molecule has 1 heterocycles. The SMILES string of the molecule is CCCCCOC(=O)CC1C(=O)NCCN1C(=S)NC(=O)/C=C/c1ccc(Cl)cc1. The molecule has 1 aromatic rings. The van der Waals surface area contributed by atoms with E-state index in [-0.39, 0.29) is 17.4 Å². The van der Waals surface area contributed by atoms with Gasteiger partial charge < -0.3 is 15.0 Å². The molecular weight excluding hydrogens is 426 g/mol. The van der Waals surface area contributed by atoms with Crippen molar-refractivity contribution < 1.29 is 19.1 Å². The number of nitrogens with one attached hydrogen (secondary N) is 2. The lowest BCUT2D eigenvalue weighted by Crippen LogP contribution is -2.60. The van der Waals surface area contributed by atoms with Crippen LogP contribution in [0, 0.1) is 0 Å². The summed E-state index contributed by atoms with van der Waals surface area (Å²) in [6.45, 7) is 3.15. The van der Waals surface area contributed by atoms with Crippen LogP contribution in [0.4, 0.5) is 0 Å². The number of halogens is 1. The van der Waals surface area contributed by atoms with Gasteiger partial charge in [-0.3, -0.25) is 19.7 Å². The number of rotatable bonds is 8. The second-order valence-corrected chi connectivity index (χ2v) is 7.63. The minimum absolute atomic E-state index is 0.0967. The number of amides is 2. The third-order valence-electron chi connectivity index (χ3n) is 4.49. The van der Waals surface area contributed by atoms with Crippen LogP contribution >= 0.6 is 23.8 Å². The molecule has 1 atom stereocenters. The zero-order chi connectivity index (χ0) is 21.9. The van der Waals surface area contributed by atoms with Gasteiger partial charge in [0.15, 0.2) is 5.11 Å². The molecule has 0 aromatic heterocycles. The highest BCUT2D eigenvalue weighted by Crippen LogP contribution is 2.12. The first kappa shape index (κ1) is 23.8. The largest absolute Gasteiger partial charge is 0.466 e. The molecule has 1 aliphatic rings. The number of carbonyl (C=O) groups is 3. The van der Waals surface area contributed by atoms with Crippen molar-refractivity contribution >= 4 is 52.8 Å². The Balaban J connectivity index is 1.92. The maximum atomic E-state index is 12.3. The Kier molecular flexibility index (Phi) is 9.76. The highest BCUT2D eigenvalue weighted by molar-refractivity contribution is 7.80. The van der Waals surface area contributed by atoms with E-state index in [1.54, 1.807) is 35.2 Å². The number of thiocarbonyl (C=S) groups is 1. The molecule has 9 heteroatoms. The quantitative estimate of drug-likeness (QED) is 0.273. The van der Waals surface area contributed by atoms with Gasteiger partial charge in [0.1, 0.15) is 6.04 Å². The standard InChI is InChI=1S/C21H26ClN3O4S/c1-2-3-4-13-29-19(27)14-17-20(28)23-11-12-25(17)21(30)24-18(26)10-7-15-5-8-16(22)9-6-15/h5-10,17H,2-4,11-14H2,1H3,(H,23,28)(H,24,26,30)/b10-7+. The molecular formula is C21H26ClN3O4S. The Hall–Kier alpha value is -2.45. The molecule has 0 aliphatic carbocycles. The van der Waals surface area contributed by atoms with Crippen molar-refractivity contribution in [1.29, 1.82) is 0 Å². The van der Waals surface area contributed by atoms with Crippen LogP contribution in [-0.2, 0) is 19.1 Å². The average molecular weight is 452 g/mol. The number of nitrogens with zero attached hydrogens (tertiary/aromatic N) is 1. The molecule has 7 nitrogen and oxygen atoms in total. The molecule has 1 unspecified atom stereocenters. The number of benzene rings is 1. The molecule has 0 saturated carbocycles. The van der Waals surface area contributed by atoms with Gasteiger partial charge >= 0.3 is 5.97 Å². The topological polar surface area (TPSA) is 87.7 Å². The monoisotopic (exact) mass is 451 g/mol. The van der Waals surface area contributed by atoms with Crippen LogP contribution in [0.25, 0.3) is 6.08 Å². The number of hydrogen-bond donors (Lipinski definition) is 2. The van der Waals surface area contributed by atoms with Gasteiger partial charge in [-0.25, -0.2) is 0 Å². The summed E-state index contributed by atoms with van der Waals surface area (Å²) in [7, 11) is 0. The number of esters is 1. The maximum Gasteiger partial charge on any atom is 0.308 e. The summed E-state index contributed by atoms with van der Waals surface area (Å²) in [5.74, 6) is -1.21. The van der Waals surface area contributed by atoms with Crippen LogP contribution in [0.1, 0.15) is 38.2 Å². The average Bonchev–Trinajstić information content (AvgIpc) is 2.72. The zero-order valence-electron chi connectivity index (χ0n) is 16.9. The summed E-state index contributed by atoms with van der Waals surface area (Å²) in [6, 6.07) is 6.19. The molecule has 162 valence electrons. The second-order valence-electron chi connectivity index (χ2n) is 6.81. The fourth-order valence-corrected chi connectivity index (χ4v) is 3.33. The minimum atomic E-state index is -0.814. The van der Waals surface area contributed by atoms with Crippen molar-refractivity contribution in [3.63, 3.8) is 0 Å². The Bertz CT molecular complexity index is 798. The van der Waals surface area contributed by atoms with Crippen molar-refractivity contribution in [1.82, 2.24) is 15.5 Å². The molecule has 30 heavy (non-hydrogen) atoms. The zero-order valence-corrected chi connectivity index (χ0v) is 18.4. The Morgan fingerprint density at radius 2 is 2.07 bits per heavy atom. The number of hydrogen-bond acceptors (Lipinski definition) is 5. The van der Waals surface area contributed by atoms with Crippen LogP contribution in [0.2, 0.25) is 5.02 Å². The Morgan fingerprint density at radius 1 is 1.33 bits per heavy atom. The van der Waals surface area contributed by atoms with E-state index in [4.69, 9.17) is 28.6 Å². The predicted molar refractivity (Wildman–Crippen MR) is 120 cm³/mol. The lowest BCUT2D eigenvalue weighted by atomic mass is 10.1. The number of ether oxygens (including phenoxy) is 1. The van der Waals surface area contributed by atoms with Gasteiger partial charge in [0.05, 0.1) is 13.0 Å². The van der Waals surface area contributed by atoms with Gasteiger partial charge in [-0.15, -0.1) is 0 Å². The summed E-state index contributed by atoms with van der Waals surface area (Å²) in [5.41, 5.74) is 0.807. The third-order valence-corrected chi connectivity index (χ3v) is 5.08. The van der Waals surface area contributed by atoms with E-state index in [0.717, 1.165) is 24.8 Å². The molecule has 1 aliphatic heterocycles. The number of piperazine rings is 1. The lowest BCUT2D eigenvalue weighted by molar-refractivity contribution is -0.147. The van der Waals surface area contributed by atoms with Crippen LogP contribution in [0.3, 0.4) is 0 Å². The first-order valence-corrected chi connectivity index (χ1v) is 10.7. The first-order chi connectivity index (χ1) is 14.4. The fraction of sp³-hybridized carbons (Fsp3) is 0.429. The van der Waals surface area contributed by atoms with E-state index in [1.807, 2.05) is 0 Å². The van der Waals surface area contributed by atoms with Crippen LogP contribution in [-0.4, -0.2) is 53.5 Å². The van der Waals surface area contributed by atoms with E-state index in [1.165, 1.54) is 6.08 Å². The minimum Gasteiger partial charge on any atom is -0.466 e. The molecule has 0 spiro atoms. The summed E-state index contributed by atoms with van der Waals surface area (Å²) >= 11 is 11.2. The van der Waals surface area contributed by atoms with Gasteiger partial charge in [0, 0.05) is 24.2 Å². The summed E-state index contributed by atoms with van der Waals surface area (Å²) in [5, 5.41) is 6.01.